The molecule has 1 aliphatic rings. The molecule has 0 nitrogen and oxygen atoms in total. The zero-order valence-corrected chi connectivity index (χ0v) is 41.2. The number of benzene rings is 6. The van der Waals surface area contributed by atoms with Crippen molar-refractivity contribution in [2.45, 2.75) is 92.9 Å². The molecular formula is C56H57Cl2SiZr-3. The van der Waals surface area contributed by atoms with Crippen molar-refractivity contribution in [3.05, 3.63) is 179 Å². The molecule has 0 bridgehead atoms. The second kappa shape index (κ2) is 22.9. The van der Waals surface area contributed by atoms with Crippen LogP contribution in [-0.4, -0.2) is 9.52 Å². The van der Waals surface area contributed by atoms with Crippen LogP contribution in [0, 0.1) is 6.07 Å². The van der Waals surface area contributed by atoms with E-state index in [1.807, 2.05) is 6.07 Å². The van der Waals surface area contributed by atoms with Gasteiger partial charge in [0, 0.05) is 0 Å². The standard InChI is InChI=1S/2C22H25.C12H7Si.2ClH.Zr/c2*1-4-9-18-12-13-19-14-16(5-2)15-21(19)22(18)20-11-8-7-10-17(20)6-3;1-3-7-11-9(5-1)10-6-2-4-8-12(10)13-11;;;/h2*7-8,10-15H,4-6,9H2,1-3H3;1-7H;2*1H;/q3*-1;;;+2/p-2. The van der Waals surface area contributed by atoms with Gasteiger partial charge < -0.3 is 0 Å². The van der Waals surface area contributed by atoms with Crippen molar-refractivity contribution in [2.24, 2.45) is 0 Å². The van der Waals surface area contributed by atoms with Gasteiger partial charge in [0.15, 0.2) is 0 Å². The van der Waals surface area contributed by atoms with Crippen molar-refractivity contribution in [2.75, 3.05) is 0 Å². The molecular weight excluding hydrogens is 863 g/mol. The average Bonchev–Trinajstić information content (AvgIpc) is 4.02. The van der Waals surface area contributed by atoms with Crippen molar-refractivity contribution in [3.63, 3.8) is 0 Å². The van der Waals surface area contributed by atoms with Gasteiger partial charge in [-0.25, -0.2) is 0 Å². The molecule has 1 aliphatic heterocycles. The minimum Gasteiger partial charge on any atom is -0.184 e. The first-order valence-electron chi connectivity index (χ1n) is 21.8. The first-order valence-corrected chi connectivity index (χ1v) is 29.2. The maximum Gasteiger partial charge on any atom is 0.0920 e. The Morgan fingerprint density at radius 2 is 0.950 bits per heavy atom. The topological polar surface area (TPSA) is 0 Å². The van der Waals surface area contributed by atoms with Gasteiger partial charge in [-0.3, -0.25) is 0 Å². The summed E-state index contributed by atoms with van der Waals surface area (Å²) in [5, 5.41) is 8.46. The molecule has 0 saturated heterocycles. The molecule has 0 atom stereocenters. The summed E-state index contributed by atoms with van der Waals surface area (Å²) in [5.41, 5.74) is 17.3. The maximum absolute atomic E-state index is 4.93. The molecule has 0 aliphatic carbocycles. The van der Waals surface area contributed by atoms with Gasteiger partial charge in [-0.05, 0) is 60.8 Å². The first-order chi connectivity index (χ1) is 29.4. The SMILES string of the molecule is CCCc1ccc2[cH-]c(CC)cc2c1-c1ccccc1CC.CCCc1ccc2[cH-]c(CC)cc2c1-c1ccccc1CC.[Cl][Zr][Cl].[c-]1cccc2c1[Si]c1ccccc1-2. The largest absolute Gasteiger partial charge is 0.184 e. The van der Waals surface area contributed by atoms with Crippen molar-refractivity contribution in [3.8, 4) is 33.4 Å². The van der Waals surface area contributed by atoms with E-state index < -0.39 is 20.8 Å². The third-order valence-corrected chi connectivity index (χ3v) is 13.0. The van der Waals surface area contributed by atoms with Crippen LogP contribution in [0.4, 0.5) is 0 Å². The van der Waals surface area contributed by atoms with E-state index in [1.54, 1.807) is 0 Å². The summed E-state index contributed by atoms with van der Waals surface area (Å²) in [6, 6.07) is 54.8. The number of hydrogen-bond acceptors (Lipinski definition) is 0. The van der Waals surface area contributed by atoms with E-state index in [4.69, 9.17) is 17.0 Å². The van der Waals surface area contributed by atoms with Gasteiger partial charge >= 0.3 is 37.9 Å². The van der Waals surface area contributed by atoms with Crippen molar-refractivity contribution < 1.29 is 20.8 Å². The molecule has 2 radical (unpaired) electrons. The molecule has 0 fully saturated rings. The summed E-state index contributed by atoms with van der Waals surface area (Å²) >= 11 is -0.826. The predicted molar refractivity (Wildman–Crippen MR) is 263 cm³/mol. The fourth-order valence-electron chi connectivity index (χ4n) is 8.65. The molecule has 1 heterocycles. The van der Waals surface area contributed by atoms with Crippen LogP contribution in [0.15, 0.2) is 140 Å². The van der Waals surface area contributed by atoms with Crippen molar-refractivity contribution >= 4 is 58.5 Å². The third-order valence-electron chi connectivity index (χ3n) is 11.6. The Kier molecular flexibility index (Phi) is 17.4. The zero-order valence-electron chi connectivity index (χ0n) is 36.2. The minimum atomic E-state index is -0.826. The Morgan fingerprint density at radius 3 is 1.42 bits per heavy atom. The van der Waals surface area contributed by atoms with Gasteiger partial charge in [0.25, 0.3) is 0 Å². The second-order valence-electron chi connectivity index (χ2n) is 15.4. The Labute approximate surface area is 381 Å². The first kappa shape index (κ1) is 45.7. The van der Waals surface area contributed by atoms with Crippen LogP contribution in [0.25, 0.3) is 54.9 Å². The van der Waals surface area contributed by atoms with Crippen LogP contribution in [0.5, 0.6) is 0 Å². The van der Waals surface area contributed by atoms with Crippen LogP contribution in [0.3, 0.4) is 0 Å². The fraction of sp³-hybridized carbons (Fsp3) is 0.250. The molecule has 8 aromatic rings. The molecule has 306 valence electrons. The summed E-state index contributed by atoms with van der Waals surface area (Å²) in [5.74, 6) is 0. The summed E-state index contributed by atoms with van der Waals surface area (Å²) in [6.07, 6.45) is 9.05. The molecule has 0 N–H and O–H groups in total. The average molecular weight is 920 g/mol. The Hall–Kier alpha value is -3.78. The van der Waals surface area contributed by atoms with Crippen LogP contribution in [0.1, 0.15) is 87.8 Å². The van der Waals surface area contributed by atoms with Crippen LogP contribution < -0.4 is 10.4 Å². The fourth-order valence-corrected chi connectivity index (χ4v) is 9.96. The molecule has 0 amide bonds. The number of fused-ring (bicyclic) bond motifs is 5. The molecule has 0 aromatic heterocycles. The van der Waals surface area contributed by atoms with Gasteiger partial charge in [0.2, 0.25) is 0 Å². The van der Waals surface area contributed by atoms with E-state index in [1.165, 1.54) is 112 Å². The van der Waals surface area contributed by atoms with Gasteiger partial charge in [0.05, 0.1) is 9.52 Å². The van der Waals surface area contributed by atoms with Crippen molar-refractivity contribution in [1.82, 2.24) is 0 Å². The summed E-state index contributed by atoms with van der Waals surface area (Å²) in [6.45, 7) is 13.5. The summed E-state index contributed by atoms with van der Waals surface area (Å²) < 4.78 is 0. The molecule has 0 unspecified atom stereocenters. The van der Waals surface area contributed by atoms with Crippen LogP contribution >= 0.6 is 17.0 Å². The van der Waals surface area contributed by atoms with Gasteiger partial charge in [0.1, 0.15) is 0 Å². The van der Waals surface area contributed by atoms with E-state index in [9.17, 15) is 0 Å². The normalized spacial score (nSPS) is 11.1. The third kappa shape index (κ3) is 10.6. The molecule has 0 spiro atoms. The maximum atomic E-state index is 4.93. The van der Waals surface area contributed by atoms with E-state index in [2.05, 4.69) is 181 Å². The van der Waals surface area contributed by atoms with E-state index >= 15 is 0 Å². The van der Waals surface area contributed by atoms with E-state index in [-0.39, 0.29) is 0 Å². The van der Waals surface area contributed by atoms with Gasteiger partial charge in [-0.15, -0.1) is 74.6 Å². The van der Waals surface area contributed by atoms with Crippen LogP contribution in [0.2, 0.25) is 0 Å². The second-order valence-corrected chi connectivity index (χ2v) is 20.4. The van der Waals surface area contributed by atoms with Crippen LogP contribution in [-0.2, 0) is 59.4 Å². The van der Waals surface area contributed by atoms with Crippen molar-refractivity contribution in [1.29, 1.82) is 0 Å². The molecule has 8 aromatic carbocycles. The number of halogens is 2. The Bertz CT molecular complexity index is 2430. The molecule has 0 saturated carbocycles. The zero-order chi connectivity index (χ0) is 42.4. The monoisotopic (exact) mass is 917 g/mol. The summed E-state index contributed by atoms with van der Waals surface area (Å²) in [4.78, 5) is 0. The summed E-state index contributed by atoms with van der Waals surface area (Å²) in [7, 11) is 10.7. The van der Waals surface area contributed by atoms with Gasteiger partial charge in [-0.1, -0.05) is 160 Å². The predicted octanol–water partition coefficient (Wildman–Crippen LogP) is 15.1. The molecule has 9 rings (SSSR count). The quantitative estimate of drug-likeness (QED) is 0.0947. The smallest absolute Gasteiger partial charge is 0.0920 e. The minimum absolute atomic E-state index is 0.795. The Balaban J connectivity index is 0.000000150. The molecule has 4 heteroatoms. The Morgan fingerprint density at radius 1 is 0.500 bits per heavy atom. The number of rotatable bonds is 10. The van der Waals surface area contributed by atoms with E-state index in [0.29, 0.717) is 0 Å². The van der Waals surface area contributed by atoms with Gasteiger partial charge in [-0.2, -0.15) is 41.6 Å². The van der Waals surface area contributed by atoms with E-state index in [0.717, 1.165) is 48.0 Å². The molecule has 60 heavy (non-hydrogen) atoms. The number of aryl methyl sites for hydroxylation is 6. The number of hydrogen-bond donors (Lipinski definition) is 0.